The maximum Gasteiger partial charge on any atom is 0.335 e. The van der Waals surface area contributed by atoms with Gasteiger partial charge in [-0.3, -0.25) is 4.98 Å². The number of carboxylic acids is 1. The molecule has 0 amide bonds. The molecular formula is C17H13NO3. The molecule has 0 aliphatic heterocycles. The number of pyridine rings is 1. The van der Waals surface area contributed by atoms with Gasteiger partial charge in [0.05, 0.1) is 11.1 Å². The minimum Gasteiger partial charge on any atom is -0.488 e. The zero-order valence-electron chi connectivity index (χ0n) is 11.2. The molecule has 0 radical (unpaired) electrons. The number of benzene rings is 2. The highest BCUT2D eigenvalue weighted by molar-refractivity contribution is 5.95. The van der Waals surface area contributed by atoms with E-state index in [0.717, 1.165) is 5.56 Å². The second-order valence-corrected chi connectivity index (χ2v) is 4.62. The minimum atomic E-state index is -0.963. The quantitative estimate of drug-likeness (QED) is 0.794. The Morgan fingerprint density at radius 2 is 1.90 bits per heavy atom. The number of hydrogen-bond donors (Lipinski definition) is 1. The Morgan fingerprint density at radius 1 is 1.10 bits per heavy atom. The number of aromatic nitrogens is 1. The zero-order valence-corrected chi connectivity index (χ0v) is 11.2. The number of carboxylic acid groups (broad SMARTS) is 1. The molecule has 0 bridgehead atoms. The zero-order chi connectivity index (χ0) is 14.7. The smallest absolute Gasteiger partial charge is 0.335 e. The Kier molecular flexibility index (Phi) is 3.51. The van der Waals surface area contributed by atoms with Crippen molar-refractivity contribution in [3.8, 4) is 5.75 Å². The molecule has 3 aromatic rings. The van der Waals surface area contributed by atoms with Crippen LogP contribution in [0.1, 0.15) is 15.9 Å². The van der Waals surface area contributed by atoms with Crippen LogP contribution in [0, 0.1) is 0 Å². The van der Waals surface area contributed by atoms with Crippen molar-refractivity contribution in [3.63, 3.8) is 0 Å². The molecule has 0 aliphatic carbocycles. The number of nitrogens with zero attached hydrogens (tertiary/aromatic N) is 1. The summed E-state index contributed by atoms with van der Waals surface area (Å²) in [4.78, 5) is 15.3. The van der Waals surface area contributed by atoms with Crippen molar-refractivity contribution in [2.75, 3.05) is 0 Å². The molecule has 0 spiro atoms. The topological polar surface area (TPSA) is 59.4 Å². The molecule has 104 valence electrons. The largest absolute Gasteiger partial charge is 0.488 e. The summed E-state index contributed by atoms with van der Waals surface area (Å²) in [6.45, 7) is 0.428. The predicted molar refractivity (Wildman–Crippen MR) is 79.5 cm³/mol. The Labute approximate surface area is 121 Å². The molecule has 1 aromatic heterocycles. The van der Waals surface area contributed by atoms with E-state index >= 15 is 0 Å². The van der Waals surface area contributed by atoms with Crippen LogP contribution in [0.15, 0.2) is 60.8 Å². The van der Waals surface area contributed by atoms with Crippen molar-refractivity contribution in [3.05, 3.63) is 71.9 Å². The van der Waals surface area contributed by atoms with Gasteiger partial charge in [0.15, 0.2) is 0 Å². The number of fused-ring (bicyclic) bond motifs is 1. The van der Waals surface area contributed by atoms with Crippen LogP contribution in [0.4, 0.5) is 0 Å². The van der Waals surface area contributed by atoms with E-state index in [0.29, 0.717) is 23.3 Å². The molecule has 0 atom stereocenters. The van der Waals surface area contributed by atoms with E-state index in [4.69, 9.17) is 9.84 Å². The Balaban J connectivity index is 1.94. The number of aromatic carboxylic acids is 1. The third-order valence-corrected chi connectivity index (χ3v) is 3.19. The molecular weight excluding hydrogens is 266 g/mol. The second-order valence-electron chi connectivity index (χ2n) is 4.62. The first-order valence-electron chi connectivity index (χ1n) is 6.53. The van der Waals surface area contributed by atoms with Crippen LogP contribution in [0.3, 0.4) is 0 Å². The Morgan fingerprint density at radius 3 is 2.67 bits per heavy atom. The SMILES string of the molecule is O=C(O)c1ccc2nccc(OCc3ccccc3)c2c1. The fraction of sp³-hybridized carbons (Fsp3) is 0.0588. The van der Waals surface area contributed by atoms with Crippen LogP contribution in [0.25, 0.3) is 10.9 Å². The summed E-state index contributed by atoms with van der Waals surface area (Å²) in [6, 6.07) is 16.4. The molecule has 1 N–H and O–H groups in total. The van der Waals surface area contributed by atoms with Crippen molar-refractivity contribution >= 4 is 16.9 Å². The summed E-state index contributed by atoms with van der Waals surface area (Å²) in [5.74, 6) is -0.332. The van der Waals surface area contributed by atoms with Gasteiger partial charge >= 0.3 is 5.97 Å². The Bertz CT molecular complexity index is 784. The first kappa shape index (κ1) is 13.1. The molecule has 0 unspecified atom stereocenters. The molecule has 0 saturated carbocycles. The van der Waals surface area contributed by atoms with E-state index in [2.05, 4.69) is 4.98 Å². The van der Waals surface area contributed by atoms with Gasteiger partial charge < -0.3 is 9.84 Å². The van der Waals surface area contributed by atoms with E-state index in [1.807, 2.05) is 30.3 Å². The van der Waals surface area contributed by atoms with Crippen LogP contribution in [0.5, 0.6) is 5.75 Å². The predicted octanol–water partition coefficient (Wildman–Crippen LogP) is 3.51. The number of carbonyl (C=O) groups is 1. The first-order valence-corrected chi connectivity index (χ1v) is 6.53. The molecule has 2 aromatic carbocycles. The summed E-state index contributed by atoms with van der Waals surface area (Å²) in [5.41, 5.74) is 1.99. The molecule has 0 aliphatic rings. The van der Waals surface area contributed by atoms with Crippen LogP contribution in [-0.2, 0) is 6.61 Å². The van der Waals surface area contributed by atoms with Gasteiger partial charge in [0, 0.05) is 11.6 Å². The number of rotatable bonds is 4. The van der Waals surface area contributed by atoms with Crippen LogP contribution < -0.4 is 4.74 Å². The lowest BCUT2D eigenvalue weighted by atomic mass is 10.1. The summed E-state index contributed by atoms with van der Waals surface area (Å²) in [5, 5.41) is 9.78. The van der Waals surface area contributed by atoms with Gasteiger partial charge in [-0.15, -0.1) is 0 Å². The number of hydrogen-bond acceptors (Lipinski definition) is 3. The maximum absolute atomic E-state index is 11.1. The van der Waals surface area contributed by atoms with Gasteiger partial charge in [0.1, 0.15) is 12.4 Å². The highest BCUT2D eigenvalue weighted by atomic mass is 16.5. The summed E-state index contributed by atoms with van der Waals surface area (Å²) in [6.07, 6.45) is 1.66. The van der Waals surface area contributed by atoms with E-state index in [1.54, 1.807) is 30.5 Å². The number of ether oxygens (including phenoxy) is 1. The van der Waals surface area contributed by atoms with Crippen molar-refractivity contribution in [1.82, 2.24) is 4.98 Å². The van der Waals surface area contributed by atoms with Crippen molar-refractivity contribution in [2.24, 2.45) is 0 Å². The molecule has 4 heteroatoms. The lowest BCUT2D eigenvalue weighted by Crippen LogP contribution is -1.99. The average molecular weight is 279 g/mol. The van der Waals surface area contributed by atoms with E-state index in [-0.39, 0.29) is 5.56 Å². The fourth-order valence-electron chi connectivity index (χ4n) is 2.12. The lowest BCUT2D eigenvalue weighted by Gasteiger charge is -2.09. The molecule has 3 rings (SSSR count). The third-order valence-electron chi connectivity index (χ3n) is 3.19. The molecule has 1 heterocycles. The van der Waals surface area contributed by atoms with Gasteiger partial charge in [-0.2, -0.15) is 0 Å². The molecule has 0 fully saturated rings. The Hall–Kier alpha value is -2.88. The fourth-order valence-corrected chi connectivity index (χ4v) is 2.12. The summed E-state index contributed by atoms with van der Waals surface area (Å²) >= 11 is 0. The first-order chi connectivity index (χ1) is 10.2. The van der Waals surface area contributed by atoms with E-state index in [1.165, 1.54) is 0 Å². The minimum absolute atomic E-state index is 0.222. The maximum atomic E-state index is 11.1. The molecule has 21 heavy (non-hydrogen) atoms. The summed E-state index contributed by atoms with van der Waals surface area (Å²) < 4.78 is 5.81. The summed E-state index contributed by atoms with van der Waals surface area (Å²) in [7, 11) is 0. The van der Waals surface area contributed by atoms with Crippen molar-refractivity contribution in [1.29, 1.82) is 0 Å². The normalized spacial score (nSPS) is 10.5. The van der Waals surface area contributed by atoms with Crippen LogP contribution >= 0.6 is 0 Å². The van der Waals surface area contributed by atoms with E-state index in [9.17, 15) is 4.79 Å². The van der Waals surface area contributed by atoms with Crippen LogP contribution in [0.2, 0.25) is 0 Å². The van der Waals surface area contributed by atoms with E-state index < -0.39 is 5.97 Å². The monoisotopic (exact) mass is 279 g/mol. The average Bonchev–Trinajstić information content (AvgIpc) is 2.53. The van der Waals surface area contributed by atoms with Gasteiger partial charge in [0.2, 0.25) is 0 Å². The van der Waals surface area contributed by atoms with Gasteiger partial charge in [-0.05, 0) is 29.8 Å². The molecule has 0 saturated heterocycles. The van der Waals surface area contributed by atoms with Gasteiger partial charge in [0.25, 0.3) is 0 Å². The second kappa shape index (κ2) is 5.63. The highest BCUT2D eigenvalue weighted by Crippen LogP contribution is 2.25. The van der Waals surface area contributed by atoms with Crippen molar-refractivity contribution < 1.29 is 14.6 Å². The van der Waals surface area contributed by atoms with Gasteiger partial charge in [-0.1, -0.05) is 30.3 Å². The third kappa shape index (κ3) is 2.84. The van der Waals surface area contributed by atoms with Crippen molar-refractivity contribution in [2.45, 2.75) is 6.61 Å². The van der Waals surface area contributed by atoms with Crippen LogP contribution in [-0.4, -0.2) is 16.1 Å². The van der Waals surface area contributed by atoms with Gasteiger partial charge in [-0.25, -0.2) is 4.79 Å². The highest BCUT2D eigenvalue weighted by Gasteiger charge is 2.08. The lowest BCUT2D eigenvalue weighted by molar-refractivity contribution is 0.0697. The standard InChI is InChI=1S/C17H13NO3/c19-17(20)13-6-7-15-14(10-13)16(8-9-18-15)21-11-12-4-2-1-3-5-12/h1-10H,11H2,(H,19,20). The molecule has 4 nitrogen and oxygen atoms in total.